The molecule has 1 aromatic rings. The number of aromatic nitrogens is 1. The highest BCUT2D eigenvalue weighted by Gasteiger charge is 2.18. The average molecular weight is 223 g/mol. The molecule has 88 valence electrons. The van der Waals surface area contributed by atoms with E-state index in [4.69, 9.17) is 0 Å². The number of anilines is 1. The zero-order valence-corrected chi connectivity index (χ0v) is 10.0. The van der Waals surface area contributed by atoms with Gasteiger partial charge in [-0.15, -0.1) is 0 Å². The van der Waals surface area contributed by atoms with E-state index in [0.29, 0.717) is 11.7 Å². The zero-order valence-electron chi connectivity index (χ0n) is 10.0. The van der Waals surface area contributed by atoms with E-state index in [0.717, 1.165) is 5.56 Å². The lowest BCUT2D eigenvalue weighted by Crippen LogP contribution is -2.22. The summed E-state index contributed by atoms with van der Waals surface area (Å²) in [7, 11) is 0. The number of pyridine rings is 1. The average Bonchev–Trinajstić information content (AvgIpc) is 2.20. The van der Waals surface area contributed by atoms with Gasteiger partial charge in [-0.25, -0.2) is 4.98 Å². The maximum Gasteiger partial charge on any atom is 0.311 e. The first-order chi connectivity index (χ1) is 7.41. The van der Waals surface area contributed by atoms with Crippen LogP contribution in [-0.4, -0.2) is 15.9 Å². The first-order valence-corrected chi connectivity index (χ1v) is 5.29. The quantitative estimate of drug-likeness (QED) is 0.629. The van der Waals surface area contributed by atoms with Crippen molar-refractivity contribution in [3.05, 3.63) is 27.9 Å². The largest absolute Gasteiger partial charge is 0.362 e. The number of nitrogens with zero attached hydrogens (tertiary/aromatic N) is 2. The SMILES string of the molecule is Cc1cnc(NC(C)C(C)C)c([N+](=O)[O-])c1. The van der Waals surface area contributed by atoms with Crippen molar-refractivity contribution >= 4 is 11.5 Å². The predicted molar refractivity (Wildman–Crippen MR) is 63.6 cm³/mol. The summed E-state index contributed by atoms with van der Waals surface area (Å²) >= 11 is 0. The minimum absolute atomic E-state index is 0.0347. The summed E-state index contributed by atoms with van der Waals surface area (Å²) in [6.07, 6.45) is 1.63. The highest BCUT2D eigenvalue weighted by molar-refractivity contribution is 5.56. The van der Waals surface area contributed by atoms with Gasteiger partial charge in [0.1, 0.15) is 0 Å². The van der Waals surface area contributed by atoms with Gasteiger partial charge in [0.25, 0.3) is 0 Å². The van der Waals surface area contributed by atoms with Gasteiger partial charge in [-0.1, -0.05) is 13.8 Å². The lowest BCUT2D eigenvalue weighted by Gasteiger charge is -2.17. The highest BCUT2D eigenvalue weighted by atomic mass is 16.6. The molecule has 16 heavy (non-hydrogen) atoms. The van der Waals surface area contributed by atoms with Crippen LogP contribution in [0.25, 0.3) is 0 Å². The third-order valence-electron chi connectivity index (χ3n) is 2.57. The molecule has 0 aliphatic heterocycles. The van der Waals surface area contributed by atoms with Crippen LogP contribution in [0.5, 0.6) is 0 Å². The molecule has 0 aromatic carbocycles. The van der Waals surface area contributed by atoms with Gasteiger partial charge in [0, 0.05) is 18.3 Å². The summed E-state index contributed by atoms with van der Waals surface area (Å²) in [5, 5.41) is 13.9. The molecule has 0 bridgehead atoms. The Kier molecular flexibility index (Phi) is 3.82. The number of nitro groups is 1. The first-order valence-electron chi connectivity index (χ1n) is 5.29. The Morgan fingerprint density at radius 2 is 2.06 bits per heavy atom. The maximum atomic E-state index is 10.9. The van der Waals surface area contributed by atoms with E-state index in [-0.39, 0.29) is 11.7 Å². The number of nitrogens with one attached hydrogen (secondary N) is 1. The smallest absolute Gasteiger partial charge is 0.311 e. The summed E-state index contributed by atoms with van der Waals surface area (Å²) < 4.78 is 0. The van der Waals surface area contributed by atoms with Crippen molar-refractivity contribution in [2.24, 2.45) is 5.92 Å². The fourth-order valence-corrected chi connectivity index (χ4v) is 1.19. The van der Waals surface area contributed by atoms with Gasteiger partial charge >= 0.3 is 5.69 Å². The van der Waals surface area contributed by atoms with Gasteiger partial charge in [-0.3, -0.25) is 10.1 Å². The Bertz CT molecular complexity index is 391. The van der Waals surface area contributed by atoms with Crippen LogP contribution in [0, 0.1) is 23.0 Å². The molecule has 5 heteroatoms. The third-order valence-corrected chi connectivity index (χ3v) is 2.57. The predicted octanol–water partition coefficient (Wildman–Crippen LogP) is 2.75. The van der Waals surface area contributed by atoms with E-state index >= 15 is 0 Å². The second kappa shape index (κ2) is 4.92. The molecule has 0 saturated heterocycles. The van der Waals surface area contributed by atoms with E-state index in [2.05, 4.69) is 24.1 Å². The fourth-order valence-electron chi connectivity index (χ4n) is 1.19. The summed E-state index contributed by atoms with van der Waals surface area (Å²) in [4.78, 5) is 14.5. The molecule has 1 N–H and O–H groups in total. The van der Waals surface area contributed by atoms with Gasteiger partial charge in [-0.05, 0) is 25.3 Å². The van der Waals surface area contributed by atoms with Gasteiger partial charge < -0.3 is 5.32 Å². The third kappa shape index (κ3) is 2.92. The Morgan fingerprint density at radius 3 is 2.56 bits per heavy atom. The van der Waals surface area contributed by atoms with E-state index < -0.39 is 4.92 Å². The summed E-state index contributed by atoms with van der Waals surface area (Å²) in [6, 6.07) is 1.68. The van der Waals surface area contributed by atoms with E-state index in [1.165, 1.54) is 6.07 Å². The fraction of sp³-hybridized carbons (Fsp3) is 0.545. The van der Waals surface area contributed by atoms with Crippen LogP contribution in [0.2, 0.25) is 0 Å². The lowest BCUT2D eigenvalue weighted by atomic mass is 10.1. The summed E-state index contributed by atoms with van der Waals surface area (Å²) in [5.41, 5.74) is 0.821. The molecule has 0 spiro atoms. The molecular weight excluding hydrogens is 206 g/mol. The Hall–Kier alpha value is -1.65. The van der Waals surface area contributed by atoms with Crippen molar-refractivity contribution < 1.29 is 4.92 Å². The molecule has 5 nitrogen and oxygen atoms in total. The van der Waals surface area contributed by atoms with Gasteiger partial charge in [0.2, 0.25) is 5.82 Å². The standard InChI is InChI=1S/C11H17N3O2/c1-7(2)9(4)13-11-10(14(15)16)5-8(3)6-12-11/h5-7,9H,1-4H3,(H,12,13). The topological polar surface area (TPSA) is 68.1 Å². The van der Waals surface area contributed by atoms with E-state index in [9.17, 15) is 10.1 Å². The second-order valence-corrected chi connectivity index (χ2v) is 4.31. The van der Waals surface area contributed by atoms with Crippen LogP contribution in [0.15, 0.2) is 12.3 Å². The minimum atomic E-state index is -0.407. The van der Waals surface area contributed by atoms with Crippen molar-refractivity contribution in [1.29, 1.82) is 0 Å². The van der Waals surface area contributed by atoms with Crippen molar-refractivity contribution in [3.8, 4) is 0 Å². The lowest BCUT2D eigenvalue weighted by molar-refractivity contribution is -0.384. The molecule has 1 unspecified atom stereocenters. The molecule has 0 radical (unpaired) electrons. The van der Waals surface area contributed by atoms with Gasteiger partial charge in [-0.2, -0.15) is 0 Å². The van der Waals surface area contributed by atoms with Crippen LogP contribution in [0.4, 0.5) is 11.5 Å². The molecule has 1 heterocycles. The van der Waals surface area contributed by atoms with Crippen LogP contribution in [0.1, 0.15) is 26.3 Å². The zero-order chi connectivity index (χ0) is 12.3. The molecule has 0 aliphatic carbocycles. The normalized spacial score (nSPS) is 12.6. The number of aryl methyl sites for hydroxylation is 1. The number of rotatable bonds is 4. The van der Waals surface area contributed by atoms with Gasteiger partial charge in [0.15, 0.2) is 0 Å². The summed E-state index contributed by atoms with van der Waals surface area (Å²) in [5.74, 6) is 0.736. The van der Waals surface area contributed by atoms with Crippen LogP contribution < -0.4 is 5.32 Å². The molecule has 1 rings (SSSR count). The highest BCUT2D eigenvalue weighted by Crippen LogP contribution is 2.24. The Morgan fingerprint density at radius 1 is 1.44 bits per heavy atom. The molecule has 0 amide bonds. The molecule has 0 saturated carbocycles. The van der Waals surface area contributed by atoms with Crippen LogP contribution >= 0.6 is 0 Å². The summed E-state index contributed by atoms with van der Waals surface area (Å²) in [6.45, 7) is 7.88. The van der Waals surface area contributed by atoms with Crippen LogP contribution in [-0.2, 0) is 0 Å². The van der Waals surface area contributed by atoms with E-state index in [1.807, 2.05) is 6.92 Å². The second-order valence-electron chi connectivity index (χ2n) is 4.31. The van der Waals surface area contributed by atoms with Crippen LogP contribution in [0.3, 0.4) is 0 Å². The molecule has 1 atom stereocenters. The molecular formula is C11H17N3O2. The Balaban J connectivity index is 2.99. The Labute approximate surface area is 95.0 Å². The number of hydrogen-bond donors (Lipinski definition) is 1. The molecule has 0 aliphatic rings. The maximum absolute atomic E-state index is 10.9. The molecule has 0 fully saturated rings. The van der Waals surface area contributed by atoms with Crippen molar-refractivity contribution in [1.82, 2.24) is 4.98 Å². The first kappa shape index (κ1) is 12.4. The van der Waals surface area contributed by atoms with Gasteiger partial charge in [0.05, 0.1) is 4.92 Å². The van der Waals surface area contributed by atoms with Crippen molar-refractivity contribution in [2.75, 3.05) is 5.32 Å². The van der Waals surface area contributed by atoms with Crippen molar-refractivity contribution in [2.45, 2.75) is 33.7 Å². The monoisotopic (exact) mass is 223 g/mol. The minimum Gasteiger partial charge on any atom is -0.362 e. The van der Waals surface area contributed by atoms with E-state index in [1.54, 1.807) is 13.1 Å². The number of hydrogen-bond acceptors (Lipinski definition) is 4. The van der Waals surface area contributed by atoms with Crippen molar-refractivity contribution in [3.63, 3.8) is 0 Å². The molecule has 1 aromatic heterocycles.